The molecule has 0 amide bonds. The Balaban J connectivity index is 2.25. The minimum Gasteiger partial charge on any atom is -0.463 e. The van der Waals surface area contributed by atoms with Crippen LogP contribution in [0.5, 0.6) is 0 Å². The Kier molecular flexibility index (Phi) is 6.54. The van der Waals surface area contributed by atoms with Gasteiger partial charge in [0.1, 0.15) is 18.8 Å². The normalized spacial score (nSPS) is 25.6. The van der Waals surface area contributed by atoms with E-state index in [9.17, 15) is 19.2 Å². The molecule has 4 atom stereocenters. The number of carbonyl (C=O) groups is 2. The summed E-state index contributed by atoms with van der Waals surface area (Å²) in [6.07, 6.45) is -0.697. The number of hydrogen-bond acceptors (Lipinski definition) is 7. The van der Waals surface area contributed by atoms with Crippen LogP contribution in [-0.2, 0) is 23.8 Å². The van der Waals surface area contributed by atoms with Gasteiger partial charge in [0, 0.05) is 25.1 Å². The number of nitrogens with one attached hydrogen (secondary N) is 1. The van der Waals surface area contributed by atoms with Gasteiger partial charge in [0.25, 0.3) is 5.56 Å². The lowest BCUT2D eigenvalue weighted by Gasteiger charge is -2.20. The van der Waals surface area contributed by atoms with Crippen LogP contribution < -0.4 is 11.2 Å². The topological polar surface area (TPSA) is 117 Å². The molecule has 10 heteroatoms. The lowest BCUT2D eigenvalue weighted by molar-refractivity contribution is -0.157. The third-order valence-electron chi connectivity index (χ3n) is 3.65. The fourth-order valence-electron chi connectivity index (χ4n) is 2.33. The molecule has 9 nitrogen and oxygen atoms in total. The van der Waals surface area contributed by atoms with Gasteiger partial charge >= 0.3 is 17.6 Å². The van der Waals surface area contributed by atoms with Crippen molar-refractivity contribution in [1.29, 1.82) is 0 Å². The average Bonchev–Trinajstić information content (AvgIpc) is 2.88. The summed E-state index contributed by atoms with van der Waals surface area (Å²) in [4.78, 5) is 47.8. The highest BCUT2D eigenvalue weighted by molar-refractivity contribution is 9.09. The third kappa shape index (κ3) is 4.57. The van der Waals surface area contributed by atoms with Crippen LogP contribution in [0.3, 0.4) is 0 Å². The van der Waals surface area contributed by atoms with Crippen LogP contribution in [-0.4, -0.2) is 45.1 Å². The zero-order chi connectivity index (χ0) is 18.6. The lowest BCUT2D eigenvalue weighted by Crippen LogP contribution is -2.37. The van der Waals surface area contributed by atoms with E-state index >= 15 is 0 Å². The fraction of sp³-hybridized carbons (Fsp3) is 0.600. The van der Waals surface area contributed by atoms with E-state index in [0.29, 0.717) is 0 Å². The van der Waals surface area contributed by atoms with Crippen molar-refractivity contribution in [3.8, 4) is 0 Å². The number of ether oxygens (including phenoxy) is 3. The number of carbonyl (C=O) groups excluding carboxylic acids is 2. The summed E-state index contributed by atoms with van der Waals surface area (Å²) in [5, 5.41) is 0. The second-order valence-electron chi connectivity index (χ2n) is 5.37. The van der Waals surface area contributed by atoms with E-state index in [1.54, 1.807) is 13.8 Å². The number of halogens is 1. The van der Waals surface area contributed by atoms with E-state index in [1.165, 1.54) is 16.8 Å². The van der Waals surface area contributed by atoms with Gasteiger partial charge < -0.3 is 14.2 Å². The van der Waals surface area contributed by atoms with Crippen molar-refractivity contribution in [2.24, 2.45) is 0 Å². The van der Waals surface area contributed by atoms with Crippen LogP contribution in [0.25, 0.3) is 0 Å². The molecule has 1 aromatic rings. The first-order valence-electron chi connectivity index (χ1n) is 7.83. The number of esters is 2. The molecule has 0 aliphatic carbocycles. The number of hydrogen-bond donors (Lipinski definition) is 1. The number of H-pyrrole nitrogens is 1. The molecule has 1 aliphatic heterocycles. The van der Waals surface area contributed by atoms with Crippen LogP contribution in [0.2, 0.25) is 0 Å². The van der Waals surface area contributed by atoms with Crippen LogP contribution in [0.1, 0.15) is 32.9 Å². The highest BCUT2D eigenvalue weighted by Gasteiger charge is 2.47. The molecule has 1 saturated heterocycles. The van der Waals surface area contributed by atoms with Gasteiger partial charge in [-0.1, -0.05) is 29.8 Å². The molecule has 0 aromatic carbocycles. The molecule has 1 aliphatic rings. The third-order valence-corrected chi connectivity index (χ3v) is 4.62. The molecule has 25 heavy (non-hydrogen) atoms. The van der Waals surface area contributed by atoms with E-state index in [2.05, 4.69) is 20.9 Å². The number of aromatic amines is 1. The molecule has 0 bridgehead atoms. The maximum absolute atomic E-state index is 12.0. The maximum Gasteiger partial charge on any atom is 0.330 e. The molecule has 138 valence electrons. The van der Waals surface area contributed by atoms with E-state index in [4.69, 9.17) is 14.2 Å². The smallest absolute Gasteiger partial charge is 0.330 e. The van der Waals surface area contributed by atoms with Gasteiger partial charge in [-0.2, -0.15) is 0 Å². The zero-order valence-electron chi connectivity index (χ0n) is 13.8. The Bertz CT molecular complexity index is 744. The summed E-state index contributed by atoms with van der Waals surface area (Å²) in [5.74, 6) is -0.862. The molecule has 1 aromatic heterocycles. The van der Waals surface area contributed by atoms with Crippen LogP contribution in [0.4, 0.5) is 0 Å². The summed E-state index contributed by atoms with van der Waals surface area (Å²) in [6.45, 7) is 3.19. The quantitative estimate of drug-likeness (QED) is 0.526. The van der Waals surface area contributed by atoms with Crippen molar-refractivity contribution in [3.63, 3.8) is 0 Å². The predicted octanol–water partition coefficient (Wildman–Crippen LogP) is 0.472. The van der Waals surface area contributed by atoms with Gasteiger partial charge in [-0.3, -0.25) is 23.9 Å². The minimum atomic E-state index is -0.843. The Morgan fingerprint density at radius 1 is 1.28 bits per heavy atom. The second-order valence-corrected chi connectivity index (χ2v) is 6.43. The van der Waals surface area contributed by atoms with E-state index < -0.39 is 46.5 Å². The number of nitrogens with zero attached hydrogens (tertiary/aromatic N) is 1. The Morgan fingerprint density at radius 2 is 1.96 bits per heavy atom. The van der Waals surface area contributed by atoms with Gasteiger partial charge in [-0.25, -0.2) is 4.79 Å². The monoisotopic (exact) mass is 418 g/mol. The highest BCUT2D eigenvalue weighted by atomic mass is 79.9. The first-order valence-corrected chi connectivity index (χ1v) is 8.75. The summed E-state index contributed by atoms with van der Waals surface area (Å²) in [6, 6.07) is 1.18. The SMILES string of the molecule is CCC(=O)OC[C@@H]1O[C@H](n2ccc(=O)[nH]c2=O)[C@@H](Br)[C@@H]1OC(=O)CC. The number of rotatable bonds is 6. The van der Waals surface area contributed by atoms with Crippen molar-refractivity contribution < 1.29 is 23.8 Å². The molecule has 0 radical (unpaired) electrons. The summed E-state index contributed by atoms with van der Waals surface area (Å²) in [7, 11) is 0. The standard InChI is InChI=1S/C15H19BrN2O7/c1-3-10(20)23-7-8-13(25-11(21)4-2)12(16)14(24-8)18-6-5-9(19)17-15(18)22/h5-6,8,12-14H,3-4,7H2,1-2H3,(H,17,19,22)/t8-,12-,13+,14-/m0/s1. The average molecular weight is 419 g/mol. The molecular formula is C15H19BrN2O7. The van der Waals surface area contributed by atoms with Gasteiger partial charge in [0.05, 0.1) is 4.83 Å². The van der Waals surface area contributed by atoms with Gasteiger partial charge in [0.15, 0.2) is 6.23 Å². The number of alkyl halides is 1. The maximum atomic E-state index is 12.0. The largest absolute Gasteiger partial charge is 0.463 e. The van der Waals surface area contributed by atoms with E-state index in [-0.39, 0.29) is 19.4 Å². The zero-order valence-corrected chi connectivity index (χ0v) is 15.4. The Morgan fingerprint density at radius 3 is 2.56 bits per heavy atom. The van der Waals surface area contributed by atoms with Gasteiger partial charge in [-0.05, 0) is 0 Å². The molecule has 1 fully saturated rings. The van der Waals surface area contributed by atoms with Crippen LogP contribution >= 0.6 is 15.9 Å². The highest BCUT2D eigenvalue weighted by Crippen LogP contribution is 2.36. The van der Waals surface area contributed by atoms with Crippen LogP contribution in [0, 0.1) is 0 Å². The van der Waals surface area contributed by atoms with Crippen molar-refractivity contribution in [2.45, 2.75) is 50.0 Å². The summed E-state index contributed by atoms with van der Waals surface area (Å²) < 4.78 is 17.4. The van der Waals surface area contributed by atoms with Gasteiger partial charge in [0.2, 0.25) is 0 Å². The fourth-order valence-corrected chi connectivity index (χ4v) is 3.16. The summed E-state index contributed by atoms with van der Waals surface area (Å²) >= 11 is 3.39. The molecule has 2 heterocycles. The van der Waals surface area contributed by atoms with Crippen molar-refractivity contribution in [2.75, 3.05) is 6.61 Å². The molecule has 1 N–H and O–H groups in total. The Labute approximate surface area is 151 Å². The van der Waals surface area contributed by atoms with Crippen molar-refractivity contribution in [3.05, 3.63) is 33.1 Å². The summed E-state index contributed by atoms with van der Waals surface area (Å²) in [5.41, 5.74) is -1.19. The lowest BCUT2D eigenvalue weighted by atomic mass is 10.2. The second kappa shape index (κ2) is 8.43. The van der Waals surface area contributed by atoms with Crippen molar-refractivity contribution >= 4 is 27.9 Å². The minimum absolute atomic E-state index is 0.120. The molecule has 0 unspecified atom stereocenters. The Hall–Kier alpha value is -1.94. The molecule has 2 rings (SSSR count). The molecule has 0 spiro atoms. The molecule has 0 saturated carbocycles. The van der Waals surface area contributed by atoms with E-state index in [0.717, 1.165) is 0 Å². The van der Waals surface area contributed by atoms with Gasteiger partial charge in [-0.15, -0.1) is 0 Å². The van der Waals surface area contributed by atoms with Crippen LogP contribution in [0.15, 0.2) is 21.9 Å². The number of aromatic nitrogens is 2. The van der Waals surface area contributed by atoms with E-state index in [1.807, 2.05) is 0 Å². The van der Waals surface area contributed by atoms with Crippen molar-refractivity contribution in [1.82, 2.24) is 9.55 Å². The molecular weight excluding hydrogens is 400 g/mol. The predicted molar refractivity (Wildman–Crippen MR) is 89.4 cm³/mol. The first-order chi connectivity index (χ1) is 11.9. The first kappa shape index (κ1) is 19.4.